The normalized spacial score (nSPS) is 23.4. The van der Waals surface area contributed by atoms with Crippen LogP contribution in [0.5, 0.6) is 0 Å². The Morgan fingerprint density at radius 1 is 1.53 bits per heavy atom. The van der Waals surface area contributed by atoms with Crippen LogP contribution in [0.3, 0.4) is 0 Å². The van der Waals surface area contributed by atoms with E-state index in [1.807, 2.05) is 6.92 Å². The number of carbonyl (C=O) groups is 1. The van der Waals surface area contributed by atoms with Crippen LogP contribution in [0.15, 0.2) is 6.20 Å². The first kappa shape index (κ1) is 9.96. The van der Waals surface area contributed by atoms with Gasteiger partial charge in [0.15, 0.2) is 0 Å². The molecular formula is C11H15N3O. The molecule has 1 aliphatic heterocycles. The number of pyridine rings is 1. The predicted molar refractivity (Wildman–Crippen MR) is 59.0 cm³/mol. The molecule has 0 saturated heterocycles. The van der Waals surface area contributed by atoms with Crippen molar-refractivity contribution in [1.29, 1.82) is 0 Å². The Balaban J connectivity index is 2.59. The molecule has 0 spiro atoms. The van der Waals surface area contributed by atoms with Crippen molar-refractivity contribution < 1.29 is 4.79 Å². The highest BCUT2D eigenvalue weighted by Crippen LogP contribution is 2.37. The van der Waals surface area contributed by atoms with Crippen LogP contribution >= 0.6 is 0 Å². The molecule has 0 radical (unpaired) electrons. The van der Waals surface area contributed by atoms with E-state index < -0.39 is 5.91 Å². The zero-order valence-electron chi connectivity index (χ0n) is 9.16. The van der Waals surface area contributed by atoms with Crippen LogP contribution in [0.2, 0.25) is 0 Å². The van der Waals surface area contributed by atoms with Gasteiger partial charge in [-0.15, -0.1) is 0 Å². The van der Waals surface area contributed by atoms with Crippen molar-refractivity contribution in [3.8, 4) is 0 Å². The van der Waals surface area contributed by atoms with Gasteiger partial charge in [-0.25, -0.2) is 4.98 Å². The molecular weight excluding hydrogens is 190 g/mol. The molecule has 1 amide bonds. The summed E-state index contributed by atoms with van der Waals surface area (Å²) in [6.07, 6.45) is 1.55. The molecule has 80 valence electrons. The molecule has 3 N–H and O–H groups in total. The van der Waals surface area contributed by atoms with E-state index >= 15 is 0 Å². The molecule has 1 aliphatic rings. The Hall–Kier alpha value is -1.58. The number of fused-ring (bicyclic) bond motifs is 1. The summed E-state index contributed by atoms with van der Waals surface area (Å²) >= 11 is 0. The second-order valence-corrected chi connectivity index (χ2v) is 4.15. The number of rotatable bonds is 1. The van der Waals surface area contributed by atoms with E-state index in [1.54, 1.807) is 6.20 Å². The second-order valence-electron chi connectivity index (χ2n) is 4.15. The zero-order valence-corrected chi connectivity index (χ0v) is 9.16. The lowest BCUT2D eigenvalue weighted by Gasteiger charge is -2.11. The van der Waals surface area contributed by atoms with Gasteiger partial charge in [0.1, 0.15) is 5.82 Å². The van der Waals surface area contributed by atoms with Crippen molar-refractivity contribution in [2.45, 2.75) is 32.7 Å². The van der Waals surface area contributed by atoms with Crippen LogP contribution in [0.25, 0.3) is 0 Å². The van der Waals surface area contributed by atoms with E-state index in [4.69, 9.17) is 5.73 Å². The van der Waals surface area contributed by atoms with E-state index in [1.165, 1.54) is 0 Å². The van der Waals surface area contributed by atoms with E-state index in [9.17, 15) is 4.79 Å². The summed E-state index contributed by atoms with van der Waals surface area (Å²) in [5.41, 5.74) is 7.89. The van der Waals surface area contributed by atoms with Gasteiger partial charge in [-0.1, -0.05) is 6.92 Å². The average molecular weight is 205 g/mol. The molecule has 15 heavy (non-hydrogen) atoms. The zero-order chi connectivity index (χ0) is 11.2. The standard InChI is InChI=1S/C11H15N3O/c1-5-7(3)14-11-9(5)6(2)8(4-13-11)10(12)15/h4-5,7H,1-3H3,(H2,12,15)(H,13,14)/t5-,7+/m0/s1. The number of hydrogen-bond acceptors (Lipinski definition) is 3. The van der Waals surface area contributed by atoms with Gasteiger partial charge in [0.05, 0.1) is 5.56 Å². The molecule has 2 atom stereocenters. The first-order valence-corrected chi connectivity index (χ1v) is 5.08. The predicted octanol–water partition coefficient (Wildman–Crippen LogP) is 1.41. The average Bonchev–Trinajstić information content (AvgIpc) is 2.43. The number of aromatic nitrogens is 1. The maximum Gasteiger partial charge on any atom is 0.250 e. The highest BCUT2D eigenvalue weighted by molar-refractivity contribution is 5.95. The number of carbonyl (C=O) groups excluding carboxylic acids is 1. The topological polar surface area (TPSA) is 68.0 Å². The van der Waals surface area contributed by atoms with Gasteiger partial charge >= 0.3 is 0 Å². The van der Waals surface area contributed by atoms with E-state index in [-0.39, 0.29) is 0 Å². The van der Waals surface area contributed by atoms with E-state index in [0.717, 1.165) is 16.9 Å². The van der Waals surface area contributed by atoms with Crippen LogP contribution in [0, 0.1) is 6.92 Å². The number of amides is 1. The lowest BCUT2D eigenvalue weighted by atomic mass is 9.93. The van der Waals surface area contributed by atoms with Gasteiger partial charge in [0.2, 0.25) is 0 Å². The minimum atomic E-state index is -0.408. The van der Waals surface area contributed by atoms with Crippen molar-refractivity contribution in [2.24, 2.45) is 5.73 Å². The molecule has 0 unspecified atom stereocenters. The maximum absolute atomic E-state index is 11.2. The first-order valence-electron chi connectivity index (χ1n) is 5.08. The second kappa shape index (κ2) is 3.22. The van der Waals surface area contributed by atoms with Crippen LogP contribution in [-0.4, -0.2) is 16.9 Å². The summed E-state index contributed by atoms with van der Waals surface area (Å²) < 4.78 is 0. The molecule has 0 bridgehead atoms. The third kappa shape index (κ3) is 1.37. The van der Waals surface area contributed by atoms with Crippen LogP contribution in [0.4, 0.5) is 5.82 Å². The Morgan fingerprint density at radius 3 is 2.80 bits per heavy atom. The van der Waals surface area contributed by atoms with Crippen molar-refractivity contribution >= 4 is 11.7 Å². The molecule has 1 aromatic heterocycles. The summed E-state index contributed by atoms with van der Waals surface area (Å²) in [5.74, 6) is 0.846. The number of hydrogen-bond donors (Lipinski definition) is 2. The molecule has 0 aromatic carbocycles. The van der Waals surface area contributed by atoms with Crippen molar-refractivity contribution in [3.63, 3.8) is 0 Å². The van der Waals surface area contributed by atoms with Gasteiger partial charge in [-0.2, -0.15) is 0 Å². The van der Waals surface area contributed by atoms with Crippen molar-refractivity contribution in [2.75, 3.05) is 5.32 Å². The Kier molecular flexibility index (Phi) is 2.14. The molecule has 4 nitrogen and oxygen atoms in total. The Bertz CT molecular complexity index is 428. The van der Waals surface area contributed by atoms with E-state index in [0.29, 0.717) is 17.5 Å². The number of primary amides is 1. The molecule has 0 fully saturated rings. The SMILES string of the molecule is Cc1c(C(N)=O)cnc2c1[C@@H](C)[C@@H](C)N2. The first-order chi connectivity index (χ1) is 7.02. The molecule has 4 heteroatoms. The van der Waals surface area contributed by atoms with Crippen LogP contribution in [0.1, 0.15) is 41.3 Å². The van der Waals surface area contributed by atoms with Gasteiger partial charge in [0, 0.05) is 23.7 Å². The Morgan fingerprint density at radius 2 is 2.20 bits per heavy atom. The minimum Gasteiger partial charge on any atom is -0.367 e. The number of anilines is 1. The Labute approximate surface area is 88.9 Å². The highest BCUT2D eigenvalue weighted by Gasteiger charge is 2.29. The van der Waals surface area contributed by atoms with Crippen molar-refractivity contribution in [3.05, 3.63) is 22.9 Å². The third-order valence-electron chi connectivity index (χ3n) is 3.22. The largest absolute Gasteiger partial charge is 0.367 e. The van der Waals surface area contributed by atoms with Gasteiger partial charge < -0.3 is 11.1 Å². The molecule has 1 aromatic rings. The highest BCUT2D eigenvalue weighted by atomic mass is 16.1. The lowest BCUT2D eigenvalue weighted by Crippen LogP contribution is -2.15. The summed E-state index contributed by atoms with van der Waals surface area (Å²) in [7, 11) is 0. The summed E-state index contributed by atoms with van der Waals surface area (Å²) in [6.45, 7) is 6.16. The molecule has 0 aliphatic carbocycles. The fourth-order valence-electron chi connectivity index (χ4n) is 2.13. The monoisotopic (exact) mass is 205 g/mol. The number of nitrogens with two attached hydrogens (primary N) is 1. The van der Waals surface area contributed by atoms with Crippen LogP contribution < -0.4 is 11.1 Å². The van der Waals surface area contributed by atoms with Gasteiger partial charge in [0.25, 0.3) is 5.91 Å². The van der Waals surface area contributed by atoms with Gasteiger partial charge in [-0.3, -0.25) is 4.79 Å². The minimum absolute atomic E-state index is 0.356. The van der Waals surface area contributed by atoms with Crippen molar-refractivity contribution in [1.82, 2.24) is 4.98 Å². The third-order valence-corrected chi connectivity index (χ3v) is 3.22. The quantitative estimate of drug-likeness (QED) is 0.728. The molecule has 2 rings (SSSR count). The summed E-state index contributed by atoms with van der Waals surface area (Å²) in [5, 5.41) is 3.29. The number of nitrogens with one attached hydrogen (secondary N) is 1. The summed E-state index contributed by atoms with van der Waals surface area (Å²) in [4.78, 5) is 15.4. The van der Waals surface area contributed by atoms with Crippen LogP contribution in [-0.2, 0) is 0 Å². The fourth-order valence-corrected chi connectivity index (χ4v) is 2.13. The smallest absolute Gasteiger partial charge is 0.250 e. The lowest BCUT2D eigenvalue weighted by molar-refractivity contribution is 0.0999. The van der Waals surface area contributed by atoms with E-state index in [2.05, 4.69) is 24.1 Å². The fraction of sp³-hybridized carbons (Fsp3) is 0.455. The van der Waals surface area contributed by atoms with Gasteiger partial charge in [-0.05, 0) is 19.4 Å². The molecule has 0 saturated carbocycles. The number of nitrogens with zero attached hydrogens (tertiary/aromatic N) is 1. The maximum atomic E-state index is 11.2. The molecule has 2 heterocycles. The summed E-state index contributed by atoms with van der Waals surface area (Å²) in [6, 6.07) is 0.356.